The number of hydrogen-bond donors (Lipinski definition) is 4. The maximum absolute atomic E-state index is 11.8. The number of aliphatic hydroxyl groups is 3. The van der Waals surface area contributed by atoms with Gasteiger partial charge in [-0.15, -0.1) is 6.42 Å². The van der Waals surface area contributed by atoms with Crippen molar-refractivity contribution in [3.8, 4) is 12.3 Å². The largest absolute Gasteiger partial charge is 0.479 e. The molecule has 0 amide bonds. The van der Waals surface area contributed by atoms with E-state index in [1.54, 1.807) is 24.3 Å². The molecule has 39 heavy (non-hydrogen) atoms. The van der Waals surface area contributed by atoms with E-state index >= 15 is 0 Å². The minimum atomic E-state index is -2.19. The Balaban J connectivity index is 1.39. The van der Waals surface area contributed by atoms with Crippen LogP contribution in [0.4, 0.5) is 5.82 Å². The molecule has 2 aliphatic heterocycles. The monoisotopic (exact) mass is 557 g/mol. The van der Waals surface area contributed by atoms with E-state index in [-0.39, 0.29) is 29.9 Å². The summed E-state index contributed by atoms with van der Waals surface area (Å²) in [5, 5.41) is 41.4. The number of benzene rings is 1. The van der Waals surface area contributed by atoms with Crippen LogP contribution >= 0.6 is 11.6 Å². The molecule has 1 unspecified atom stereocenters. The van der Waals surface area contributed by atoms with Gasteiger partial charge in [-0.1, -0.05) is 36.3 Å². The lowest BCUT2D eigenvalue weighted by molar-refractivity contribution is -0.156. The van der Waals surface area contributed by atoms with E-state index in [1.807, 2.05) is 11.0 Å². The number of rotatable bonds is 9. The first kappa shape index (κ1) is 27.3. The minimum Gasteiger partial charge on any atom is -0.479 e. The summed E-state index contributed by atoms with van der Waals surface area (Å²) in [6.45, 7) is 0.866. The van der Waals surface area contributed by atoms with Gasteiger partial charge in [-0.2, -0.15) is 9.97 Å². The predicted molar refractivity (Wildman–Crippen MR) is 139 cm³/mol. The summed E-state index contributed by atoms with van der Waals surface area (Å²) in [6.07, 6.45) is 2.49. The second-order valence-electron chi connectivity index (χ2n) is 9.70. The highest BCUT2D eigenvalue weighted by Gasteiger charge is 2.56. The van der Waals surface area contributed by atoms with Gasteiger partial charge < -0.3 is 34.8 Å². The molecule has 4 N–H and O–H groups in total. The van der Waals surface area contributed by atoms with Gasteiger partial charge in [-0.05, 0) is 23.6 Å². The molecule has 4 heterocycles. The third kappa shape index (κ3) is 5.17. The van der Waals surface area contributed by atoms with E-state index in [2.05, 4.69) is 20.9 Å². The van der Waals surface area contributed by atoms with Crippen molar-refractivity contribution in [3.63, 3.8) is 0 Å². The van der Waals surface area contributed by atoms with Crippen molar-refractivity contribution in [2.24, 2.45) is 5.92 Å². The van der Waals surface area contributed by atoms with Gasteiger partial charge >= 0.3 is 5.97 Å². The van der Waals surface area contributed by atoms with Crippen LogP contribution in [0.25, 0.3) is 11.2 Å². The molecule has 0 aliphatic carbocycles. The van der Waals surface area contributed by atoms with Gasteiger partial charge in [0.1, 0.15) is 12.2 Å². The average molecular weight is 558 g/mol. The molecule has 2 aliphatic rings. The van der Waals surface area contributed by atoms with E-state index in [4.69, 9.17) is 27.5 Å². The van der Waals surface area contributed by atoms with Crippen LogP contribution in [0.5, 0.6) is 0 Å². The number of nitrogens with zero attached hydrogens (tertiary/aromatic N) is 5. The van der Waals surface area contributed by atoms with Gasteiger partial charge in [0.05, 0.1) is 12.9 Å². The van der Waals surface area contributed by atoms with Crippen molar-refractivity contribution in [2.75, 3.05) is 31.2 Å². The molecule has 0 bridgehead atoms. The number of terminal acetylenes is 1. The second kappa shape index (κ2) is 11.1. The molecular formula is C26H28ClN5O7. The van der Waals surface area contributed by atoms with Gasteiger partial charge in [0.25, 0.3) is 0 Å². The highest BCUT2D eigenvalue weighted by molar-refractivity contribution is 6.28. The summed E-state index contributed by atoms with van der Waals surface area (Å²) < 4.78 is 13.0. The molecule has 2 fully saturated rings. The van der Waals surface area contributed by atoms with Gasteiger partial charge in [-0.25, -0.2) is 9.78 Å². The summed E-state index contributed by atoms with van der Waals surface area (Å²) >= 11 is 6.24. The molecule has 5 rings (SSSR count). The van der Waals surface area contributed by atoms with Crippen molar-refractivity contribution < 1.29 is 34.7 Å². The standard InChI is InChI=1S/C26H28ClN5O7/c1-2-26(37)18(13-38-17(24(35)36)10-15-6-4-3-5-7-15)39-23(20(26)34)32-14-28-19-21(29-25(27)30-22(19)32)31-9-8-16(11-31)12-33/h1,3-7,14,16-18,20,23,33-34,37H,8-13H2,(H,35,36)/t16-,17?,18-,20+,23-,26-/m1/s1. The Kier molecular flexibility index (Phi) is 7.73. The smallest absolute Gasteiger partial charge is 0.333 e. The first-order valence-corrected chi connectivity index (χ1v) is 12.8. The number of hydrogen-bond acceptors (Lipinski definition) is 10. The lowest BCUT2D eigenvalue weighted by Gasteiger charge is -2.26. The van der Waals surface area contributed by atoms with Crippen LogP contribution < -0.4 is 4.90 Å². The number of anilines is 1. The molecule has 3 aromatic rings. The Morgan fingerprint density at radius 1 is 1.33 bits per heavy atom. The van der Waals surface area contributed by atoms with Crippen molar-refractivity contribution in [3.05, 3.63) is 47.5 Å². The quantitative estimate of drug-likeness (QED) is 0.215. The normalized spacial score (nSPS) is 27.6. The number of imidazole rings is 1. The minimum absolute atomic E-state index is 0.0528. The zero-order valence-corrected chi connectivity index (χ0v) is 21.6. The van der Waals surface area contributed by atoms with Crippen LogP contribution in [0.2, 0.25) is 5.28 Å². The molecule has 2 saturated heterocycles. The Labute approximate surface area is 228 Å². The molecule has 0 radical (unpaired) electrons. The number of halogens is 1. The maximum Gasteiger partial charge on any atom is 0.333 e. The Morgan fingerprint density at radius 2 is 2.10 bits per heavy atom. The van der Waals surface area contributed by atoms with Gasteiger partial charge in [-0.3, -0.25) is 4.57 Å². The SMILES string of the molecule is C#C[C@@]1(O)[C@@H](COC(Cc2ccccc2)C(=O)O)O[C@@H](n2cnc3c(N4CC[C@@H](CO)C4)nc(Cl)nc32)[C@@H]1O. The Morgan fingerprint density at radius 3 is 2.77 bits per heavy atom. The van der Waals surface area contributed by atoms with Crippen LogP contribution in [-0.2, 0) is 20.7 Å². The summed E-state index contributed by atoms with van der Waals surface area (Å²) in [4.78, 5) is 26.8. The van der Waals surface area contributed by atoms with Crippen LogP contribution in [-0.4, -0.2) is 96.1 Å². The predicted octanol–water partition coefficient (Wildman–Crippen LogP) is 0.633. The molecule has 206 valence electrons. The van der Waals surface area contributed by atoms with E-state index < -0.39 is 42.7 Å². The van der Waals surface area contributed by atoms with Crippen LogP contribution in [0.15, 0.2) is 36.7 Å². The Hall–Kier alpha value is -3.31. The summed E-state index contributed by atoms with van der Waals surface area (Å²) in [5.74, 6) is 1.57. The maximum atomic E-state index is 11.8. The first-order chi connectivity index (χ1) is 18.7. The zero-order chi connectivity index (χ0) is 27.7. The number of aromatic nitrogens is 4. The molecule has 1 aromatic carbocycles. The van der Waals surface area contributed by atoms with Crippen molar-refractivity contribution >= 4 is 34.6 Å². The highest BCUT2D eigenvalue weighted by Crippen LogP contribution is 2.39. The molecule has 6 atom stereocenters. The molecule has 13 heteroatoms. The van der Waals surface area contributed by atoms with E-state index in [0.717, 1.165) is 12.0 Å². The number of ether oxygens (including phenoxy) is 2. The van der Waals surface area contributed by atoms with Crippen molar-refractivity contribution in [1.82, 2.24) is 19.5 Å². The van der Waals surface area contributed by atoms with Crippen LogP contribution in [0.3, 0.4) is 0 Å². The zero-order valence-electron chi connectivity index (χ0n) is 20.8. The topological polar surface area (TPSA) is 163 Å². The summed E-state index contributed by atoms with van der Waals surface area (Å²) in [7, 11) is 0. The number of aliphatic hydroxyl groups excluding tert-OH is 2. The van der Waals surface area contributed by atoms with Gasteiger partial charge in [0.2, 0.25) is 5.28 Å². The molecule has 0 saturated carbocycles. The molecular weight excluding hydrogens is 530 g/mol. The number of carboxylic acid groups (broad SMARTS) is 1. The number of carboxylic acids is 1. The number of aliphatic carboxylic acids is 1. The molecule has 12 nitrogen and oxygen atoms in total. The number of fused-ring (bicyclic) bond motifs is 1. The van der Waals surface area contributed by atoms with Crippen LogP contribution in [0.1, 0.15) is 18.2 Å². The van der Waals surface area contributed by atoms with E-state index in [9.17, 15) is 25.2 Å². The molecule has 2 aromatic heterocycles. The average Bonchev–Trinajstić information content (AvgIpc) is 3.64. The summed E-state index contributed by atoms with van der Waals surface area (Å²) in [6, 6.07) is 8.95. The fraction of sp³-hybridized carbons (Fsp3) is 0.462. The van der Waals surface area contributed by atoms with Gasteiger partial charge in [0.15, 0.2) is 34.9 Å². The second-order valence-corrected chi connectivity index (χ2v) is 10.0. The fourth-order valence-electron chi connectivity index (χ4n) is 5.02. The van der Waals surface area contributed by atoms with Crippen molar-refractivity contribution in [2.45, 2.75) is 43.0 Å². The summed E-state index contributed by atoms with van der Waals surface area (Å²) in [5.41, 5.74) is -0.801. The van der Waals surface area contributed by atoms with E-state index in [1.165, 1.54) is 10.9 Å². The van der Waals surface area contributed by atoms with Gasteiger partial charge in [0, 0.05) is 32.0 Å². The first-order valence-electron chi connectivity index (χ1n) is 12.4. The highest BCUT2D eigenvalue weighted by atomic mass is 35.5. The lowest BCUT2D eigenvalue weighted by atomic mass is 9.93. The molecule has 0 spiro atoms. The third-order valence-corrected chi connectivity index (χ3v) is 7.40. The van der Waals surface area contributed by atoms with E-state index in [0.29, 0.717) is 24.4 Å². The number of carbonyl (C=O) groups is 1. The van der Waals surface area contributed by atoms with Crippen LogP contribution in [0, 0.1) is 18.3 Å². The fourth-order valence-corrected chi connectivity index (χ4v) is 5.18. The third-order valence-electron chi connectivity index (χ3n) is 7.23. The Bertz CT molecular complexity index is 1380. The lowest BCUT2D eigenvalue weighted by Crippen LogP contribution is -2.48. The van der Waals surface area contributed by atoms with Crippen molar-refractivity contribution in [1.29, 1.82) is 0 Å².